The van der Waals surface area contributed by atoms with Gasteiger partial charge in [0.25, 0.3) is 0 Å². The molecule has 0 saturated carbocycles. The Bertz CT molecular complexity index is 1650. The van der Waals surface area contributed by atoms with Gasteiger partial charge in [0.15, 0.2) is 0 Å². The number of nitrogens with one attached hydrogen (secondary N) is 6. The number of carbonyl (C=O) groups excluding carboxylic acids is 6. The van der Waals surface area contributed by atoms with Gasteiger partial charge in [0.05, 0.1) is 18.7 Å². The van der Waals surface area contributed by atoms with E-state index in [0.29, 0.717) is 43.0 Å². The van der Waals surface area contributed by atoms with Gasteiger partial charge >= 0.3 is 5.97 Å². The first-order valence-corrected chi connectivity index (χ1v) is 19.4. The summed E-state index contributed by atoms with van der Waals surface area (Å²) in [7, 11) is 1.52. The highest BCUT2D eigenvalue weighted by atomic mass is 16.5. The fraction of sp³-hybridized carbons (Fsp3) is 0.488. The molecule has 6 N–H and O–H groups in total. The molecule has 3 aromatic rings. The van der Waals surface area contributed by atoms with Crippen LogP contribution in [-0.2, 0) is 39.9 Å². The van der Waals surface area contributed by atoms with Crippen LogP contribution in [0.25, 0.3) is 11.1 Å². The van der Waals surface area contributed by atoms with E-state index in [1.54, 1.807) is 18.3 Å². The quantitative estimate of drug-likeness (QED) is 0.0780. The molecule has 0 fully saturated rings. The van der Waals surface area contributed by atoms with Crippen molar-refractivity contribution >= 4 is 46.9 Å². The van der Waals surface area contributed by atoms with Gasteiger partial charge in [0.2, 0.25) is 29.5 Å². The number of rotatable bonds is 21. The highest BCUT2D eigenvalue weighted by molar-refractivity contribution is 5.94. The largest absolute Gasteiger partial charge is 0.465 e. The van der Waals surface area contributed by atoms with Gasteiger partial charge in [-0.25, -0.2) is 4.98 Å². The number of fused-ring (bicyclic) bond motifs is 3. The summed E-state index contributed by atoms with van der Waals surface area (Å²) >= 11 is 0. The van der Waals surface area contributed by atoms with Crippen LogP contribution in [0.4, 0.5) is 11.4 Å². The number of anilines is 2. The average Bonchev–Trinajstić information content (AvgIpc) is 3.80. The molecular formula is C41H57N7O7. The number of hydrogen-bond acceptors (Lipinski definition) is 8. The van der Waals surface area contributed by atoms with E-state index in [1.165, 1.54) is 13.4 Å². The molecule has 298 valence electrons. The second-order valence-corrected chi connectivity index (χ2v) is 13.1. The minimum absolute atomic E-state index is 0.0438. The van der Waals surface area contributed by atoms with E-state index in [0.717, 1.165) is 35.1 Å². The summed E-state index contributed by atoms with van der Waals surface area (Å²) in [5.74, 6) is -2.57. The van der Waals surface area contributed by atoms with Crippen LogP contribution in [0, 0.1) is 5.92 Å². The van der Waals surface area contributed by atoms with Crippen LogP contribution in [-0.4, -0.2) is 72.2 Å². The summed E-state index contributed by atoms with van der Waals surface area (Å²) < 4.78 is 5.84. The Morgan fingerprint density at radius 1 is 0.764 bits per heavy atom. The fourth-order valence-corrected chi connectivity index (χ4v) is 6.23. The number of hydrogen-bond donors (Lipinski definition) is 6. The monoisotopic (exact) mass is 759 g/mol. The third-order valence-corrected chi connectivity index (χ3v) is 8.93. The Morgan fingerprint density at radius 2 is 1.27 bits per heavy atom. The van der Waals surface area contributed by atoms with Crippen molar-refractivity contribution < 1.29 is 33.5 Å². The second-order valence-electron chi connectivity index (χ2n) is 13.1. The molecule has 0 radical (unpaired) electrons. The van der Waals surface area contributed by atoms with E-state index >= 15 is 0 Å². The van der Waals surface area contributed by atoms with Crippen molar-refractivity contribution in [3.8, 4) is 11.1 Å². The molecule has 0 bridgehead atoms. The van der Waals surface area contributed by atoms with E-state index < -0.39 is 17.8 Å². The van der Waals surface area contributed by atoms with Gasteiger partial charge in [-0.2, -0.15) is 0 Å². The van der Waals surface area contributed by atoms with Gasteiger partial charge < -0.3 is 36.3 Å². The van der Waals surface area contributed by atoms with Crippen LogP contribution in [0.5, 0.6) is 0 Å². The summed E-state index contributed by atoms with van der Waals surface area (Å²) in [6.07, 6.45) is 6.63. The van der Waals surface area contributed by atoms with Crippen molar-refractivity contribution in [1.82, 2.24) is 25.9 Å². The lowest BCUT2D eigenvalue weighted by Crippen LogP contribution is -2.31. The summed E-state index contributed by atoms with van der Waals surface area (Å²) in [6.45, 7) is 9.11. The molecule has 1 heterocycles. The Morgan fingerprint density at radius 3 is 1.73 bits per heavy atom. The molecule has 1 atom stereocenters. The third-order valence-electron chi connectivity index (χ3n) is 8.93. The lowest BCUT2D eigenvalue weighted by molar-refractivity contribution is -0.147. The molecule has 1 aromatic heterocycles. The molecule has 55 heavy (non-hydrogen) atoms. The van der Waals surface area contributed by atoms with Gasteiger partial charge in [-0.3, -0.25) is 28.8 Å². The predicted molar refractivity (Wildman–Crippen MR) is 212 cm³/mol. The third kappa shape index (κ3) is 14.0. The van der Waals surface area contributed by atoms with Crippen LogP contribution >= 0.6 is 0 Å². The summed E-state index contributed by atoms with van der Waals surface area (Å²) in [5, 5.41) is 14.1. The fourth-order valence-electron chi connectivity index (χ4n) is 6.23. The first kappa shape index (κ1) is 43.9. The van der Waals surface area contributed by atoms with Gasteiger partial charge in [-0.1, -0.05) is 39.8 Å². The van der Waals surface area contributed by atoms with Gasteiger partial charge in [0, 0.05) is 81.4 Å². The minimum atomic E-state index is -0.671. The number of aromatic amines is 1. The van der Waals surface area contributed by atoms with Crippen LogP contribution in [0.3, 0.4) is 0 Å². The predicted octanol–water partition coefficient (Wildman–Crippen LogP) is 5.36. The molecule has 0 unspecified atom stereocenters. The molecule has 0 saturated heterocycles. The molecule has 5 amide bonds. The first-order valence-electron chi connectivity index (χ1n) is 19.4. The normalized spacial score (nSPS) is 11.9. The van der Waals surface area contributed by atoms with E-state index in [-0.39, 0.29) is 74.7 Å². The van der Waals surface area contributed by atoms with E-state index in [9.17, 15) is 28.8 Å². The molecule has 0 aliphatic heterocycles. The lowest BCUT2D eigenvalue weighted by atomic mass is 9.96. The van der Waals surface area contributed by atoms with Crippen molar-refractivity contribution in [2.45, 2.75) is 97.8 Å². The zero-order chi connectivity index (χ0) is 40.2. The smallest absolute Gasteiger partial charge is 0.306 e. The number of benzene rings is 2. The summed E-state index contributed by atoms with van der Waals surface area (Å²) in [4.78, 5) is 82.3. The van der Waals surface area contributed by atoms with E-state index in [4.69, 9.17) is 4.74 Å². The summed E-state index contributed by atoms with van der Waals surface area (Å²) in [6, 6.07) is 11.1. The Balaban J connectivity index is 0.00000399. The van der Waals surface area contributed by atoms with Crippen molar-refractivity contribution in [3.63, 3.8) is 0 Å². The highest BCUT2D eigenvalue weighted by Gasteiger charge is 2.32. The number of amides is 5. The van der Waals surface area contributed by atoms with E-state index in [2.05, 4.69) is 36.6 Å². The number of H-pyrrole nitrogens is 1. The standard InChI is InChI=1S/C39H51N7O7.C2H6/c1-4-16-42-34(47)8-6-10-36(49)45-26-12-14-29-30-15-13-27(46-37(50)11-7-9-35(48)43-17-5-2)21-32(30)33(31(29)20-26)23-53-38(51)19-25(39(52)40-3)18-28-22-41-24-44-28;1-2/h12-15,20-22,24-25,33H,4-11,16-19,23H2,1-3H3,(H,40,52)(H,41,44)(H,42,47)(H,43,48)(H,45,49)(H,46,50);1-2H3/t25-;/m1./s1. The Kier molecular flexibility index (Phi) is 18.6. The maximum absolute atomic E-state index is 13.2. The minimum Gasteiger partial charge on any atom is -0.465 e. The zero-order valence-corrected chi connectivity index (χ0v) is 32.8. The van der Waals surface area contributed by atoms with Crippen LogP contribution < -0.4 is 26.6 Å². The van der Waals surface area contributed by atoms with E-state index in [1.807, 2.05) is 52.0 Å². The molecule has 1 aliphatic carbocycles. The van der Waals surface area contributed by atoms with Crippen LogP contribution in [0.15, 0.2) is 48.9 Å². The zero-order valence-electron chi connectivity index (χ0n) is 32.8. The number of carbonyl (C=O) groups is 6. The van der Waals surface area contributed by atoms with Gasteiger partial charge in [-0.15, -0.1) is 0 Å². The molecular weight excluding hydrogens is 702 g/mol. The maximum Gasteiger partial charge on any atom is 0.306 e. The average molecular weight is 760 g/mol. The number of esters is 1. The molecule has 14 heteroatoms. The SMILES string of the molecule is CC.CCCNC(=O)CCCC(=O)Nc1ccc2c(c1)C(COC(=O)C[C@@H](Cc1cnc[nH]1)C(=O)NC)c1cc(NC(=O)CCCC(=O)NCCC)ccc1-2. The number of imidazole rings is 1. The number of nitrogens with zero attached hydrogens (tertiary/aromatic N) is 1. The number of aromatic nitrogens is 2. The lowest BCUT2D eigenvalue weighted by Gasteiger charge is -2.18. The van der Waals surface area contributed by atoms with Crippen molar-refractivity contribution in [2.24, 2.45) is 5.92 Å². The Hall–Kier alpha value is -5.53. The molecule has 0 spiro atoms. The number of ether oxygens (including phenoxy) is 1. The molecule has 1 aliphatic rings. The molecule has 14 nitrogen and oxygen atoms in total. The molecule has 4 rings (SSSR count). The molecule has 2 aromatic carbocycles. The second kappa shape index (κ2) is 23.3. The Labute approximate surface area is 323 Å². The topological polar surface area (TPSA) is 200 Å². The van der Waals surface area contributed by atoms with Crippen molar-refractivity contribution in [3.05, 3.63) is 65.7 Å². The van der Waals surface area contributed by atoms with Crippen molar-refractivity contribution in [1.29, 1.82) is 0 Å². The van der Waals surface area contributed by atoms with Gasteiger partial charge in [0.1, 0.15) is 6.61 Å². The summed E-state index contributed by atoms with van der Waals surface area (Å²) in [5.41, 5.74) is 5.27. The van der Waals surface area contributed by atoms with Crippen LogP contribution in [0.2, 0.25) is 0 Å². The van der Waals surface area contributed by atoms with Crippen LogP contribution in [0.1, 0.15) is 108 Å². The maximum atomic E-state index is 13.2. The highest BCUT2D eigenvalue weighted by Crippen LogP contribution is 2.47. The first-order chi connectivity index (χ1) is 26.6. The van der Waals surface area contributed by atoms with Crippen molar-refractivity contribution in [2.75, 3.05) is 37.4 Å². The van der Waals surface area contributed by atoms with Gasteiger partial charge in [-0.05, 0) is 72.2 Å².